The van der Waals surface area contributed by atoms with E-state index in [-0.39, 0.29) is 10.8 Å². The first-order valence-corrected chi connectivity index (χ1v) is 5.89. The fourth-order valence-corrected chi connectivity index (χ4v) is 1.83. The molecular formula is C10H8BrFN4S. The van der Waals surface area contributed by atoms with Crippen molar-refractivity contribution < 1.29 is 4.39 Å². The van der Waals surface area contributed by atoms with Crippen molar-refractivity contribution in [3.63, 3.8) is 0 Å². The number of hydrogen-bond acceptors (Lipinski definition) is 3. The SMILES string of the molecule is NC(=S)c1ncn(Cc2ccc(F)c(Br)c2)n1. The number of nitrogens with two attached hydrogens (primary N) is 1. The van der Waals surface area contributed by atoms with E-state index in [0.717, 1.165) is 5.56 Å². The molecule has 0 saturated carbocycles. The number of rotatable bonds is 3. The first-order valence-electron chi connectivity index (χ1n) is 4.69. The lowest BCUT2D eigenvalue weighted by Crippen LogP contribution is -2.12. The summed E-state index contributed by atoms with van der Waals surface area (Å²) in [6.07, 6.45) is 1.53. The van der Waals surface area contributed by atoms with E-state index in [1.807, 2.05) is 0 Å². The molecule has 0 aliphatic rings. The molecule has 1 aromatic carbocycles. The molecule has 2 rings (SSSR count). The van der Waals surface area contributed by atoms with Crippen LogP contribution in [0.4, 0.5) is 4.39 Å². The number of thiocarbonyl (C=S) groups is 1. The van der Waals surface area contributed by atoms with E-state index in [2.05, 4.69) is 26.0 Å². The van der Waals surface area contributed by atoms with Crippen molar-refractivity contribution in [2.24, 2.45) is 5.73 Å². The fourth-order valence-electron chi connectivity index (χ4n) is 1.31. The molecule has 1 heterocycles. The summed E-state index contributed by atoms with van der Waals surface area (Å²) in [6.45, 7) is 0.481. The lowest BCUT2D eigenvalue weighted by Gasteiger charge is -2.02. The van der Waals surface area contributed by atoms with Gasteiger partial charge in [-0.15, -0.1) is 5.10 Å². The zero-order valence-electron chi connectivity index (χ0n) is 8.60. The Morgan fingerprint density at radius 3 is 2.88 bits per heavy atom. The number of nitrogens with zero attached hydrogens (tertiary/aromatic N) is 3. The summed E-state index contributed by atoms with van der Waals surface area (Å²) in [5.41, 5.74) is 6.30. The highest BCUT2D eigenvalue weighted by Crippen LogP contribution is 2.17. The van der Waals surface area contributed by atoms with Crippen molar-refractivity contribution in [2.45, 2.75) is 6.54 Å². The second-order valence-electron chi connectivity index (χ2n) is 3.38. The van der Waals surface area contributed by atoms with Crippen LogP contribution in [0.3, 0.4) is 0 Å². The highest BCUT2D eigenvalue weighted by molar-refractivity contribution is 9.10. The minimum Gasteiger partial charge on any atom is -0.387 e. The smallest absolute Gasteiger partial charge is 0.208 e. The maximum absolute atomic E-state index is 13.0. The van der Waals surface area contributed by atoms with Gasteiger partial charge >= 0.3 is 0 Å². The number of halogens is 2. The largest absolute Gasteiger partial charge is 0.387 e. The van der Waals surface area contributed by atoms with Gasteiger partial charge in [0.2, 0.25) is 5.82 Å². The molecule has 17 heavy (non-hydrogen) atoms. The van der Waals surface area contributed by atoms with Gasteiger partial charge in [-0.1, -0.05) is 18.3 Å². The Balaban J connectivity index is 2.19. The van der Waals surface area contributed by atoms with E-state index in [4.69, 9.17) is 18.0 Å². The third-order valence-electron chi connectivity index (χ3n) is 2.09. The Morgan fingerprint density at radius 2 is 2.29 bits per heavy atom. The molecule has 4 nitrogen and oxygen atoms in total. The third-order valence-corrected chi connectivity index (χ3v) is 2.88. The normalized spacial score (nSPS) is 10.5. The van der Waals surface area contributed by atoms with Gasteiger partial charge in [-0.05, 0) is 33.6 Å². The van der Waals surface area contributed by atoms with Crippen molar-refractivity contribution in [3.8, 4) is 0 Å². The van der Waals surface area contributed by atoms with E-state index < -0.39 is 0 Å². The molecule has 2 aromatic rings. The molecule has 1 aromatic heterocycles. The van der Waals surface area contributed by atoms with E-state index in [1.165, 1.54) is 12.4 Å². The highest BCUT2D eigenvalue weighted by Gasteiger charge is 2.05. The van der Waals surface area contributed by atoms with Crippen LogP contribution in [0.1, 0.15) is 11.4 Å². The van der Waals surface area contributed by atoms with Crippen molar-refractivity contribution >= 4 is 33.1 Å². The van der Waals surface area contributed by atoms with Gasteiger partial charge < -0.3 is 5.73 Å². The second kappa shape index (κ2) is 4.89. The van der Waals surface area contributed by atoms with Crippen LogP contribution in [0.2, 0.25) is 0 Å². The average molecular weight is 315 g/mol. The Bertz CT molecular complexity index is 569. The van der Waals surface area contributed by atoms with Crippen LogP contribution in [0.25, 0.3) is 0 Å². The molecule has 0 saturated heterocycles. The van der Waals surface area contributed by atoms with Crippen molar-refractivity contribution in [3.05, 3.63) is 46.2 Å². The summed E-state index contributed by atoms with van der Waals surface area (Å²) < 4.78 is 15.0. The van der Waals surface area contributed by atoms with Crippen LogP contribution < -0.4 is 5.73 Å². The third kappa shape index (κ3) is 2.86. The molecule has 0 bridgehead atoms. The Hall–Kier alpha value is -1.34. The van der Waals surface area contributed by atoms with Gasteiger partial charge in [0, 0.05) is 0 Å². The molecule has 0 unspecified atom stereocenters. The first-order chi connectivity index (χ1) is 8.06. The van der Waals surface area contributed by atoms with Crippen LogP contribution in [0, 0.1) is 5.82 Å². The van der Waals surface area contributed by atoms with E-state index >= 15 is 0 Å². The lowest BCUT2D eigenvalue weighted by atomic mass is 10.2. The van der Waals surface area contributed by atoms with E-state index in [9.17, 15) is 4.39 Å². The number of aromatic nitrogens is 3. The van der Waals surface area contributed by atoms with Crippen molar-refractivity contribution in [1.29, 1.82) is 0 Å². The minimum atomic E-state index is -0.295. The molecule has 88 valence electrons. The van der Waals surface area contributed by atoms with Crippen LogP contribution in [-0.4, -0.2) is 19.8 Å². The van der Waals surface area contributed by atoms with Crippen molar-refractivity contribution in [2.75, 3.05) is 0 Å². The monoisotopic (exact) mass is 314 g/mol. The minimum absolute atomic E-state index is 0.157. The van der Waals surface area contributed by atoms with Gasteiger partial charge in [-0.25, -0.2) is 14.1 Å². The van der Waals surface area contributed by atoms with E-state index in [1.54, 1.807) is 16.8 Å². The second-order valence-corrected chi connectivity index (χ2v) is 4.67. The van der Waals surface area contributed by atoms with E-state index in [0.29, 0.717) is 16.8 Å². The summed E-state index contributed by atoms with van der Waals surface area (Å²) in [7, 11) is 0. The van der Waals surface area contributed by atoms with Crippen LogP contribution in [0.5, 0.6) is 0 Å². The highest BCUT2D eigenvalue weighted by atomic mass is 79.9. The summed E-state index contributed by atoms with van der Waals surface area (Å²) >= 11 is 7.89. The van der Waals surface area contributed by atoms with Gasteiger partial charge in [0.1, 0.15) is 17.1 Å². The summed E-state index contributed by atoms with van der Waals surface area (Å²) in [6, 6.07) is 4.77. The van der Waals surface area contributed by atoms with Gasteiger partial charge in [0.25, 0.3) is 0 Å². The topological polar surface area (TPSA) is 56.7 Å². The molecule has 0 radical (unpaired) electrons. The van der Waals surface area contributed by atoms with Gasteiger partial charge in [-0.2, -0.15) is 0 Å². The molecule has 0 atom stereocenters. The summed E-state index contributed by atoms with van der Waals surface area (Å²) in [4.78, 5) is 4.11. The summed E-state index contributed by atoms with van der Waals surface area (Å²) in [5.74, 6) is 0.0392. The van der Waals surface area contributed by atoms with Crippen LogP contribution in [-0.2, 0) is 6.54 Å². The Kier molecular flexibility index (Phi) is 3.49. The predicted octanol–water partition coefficient (Wildman–Crippen LogP) is 1.86. The maximum Gasteiger partial charge on any atom is 0.208 e. The molecule has 7 heteroatoms. The molecule has 0 fully saturated rings. The van der Waals surface area contributed by atoms with Crippen molar-refractivity contribution in [1.82, 2.24) is 14.8 Å². The molecular weight excluding hydrogens is 307 g/mol. The number of hydrogen-bond donors (Lipinski definition) is 1. The fraction of sp³-hybridized carbons (Fsp3) is 0.100. The maximum atomic E-state index is 13.0. The van der Waals surface area contributed by atoms with Gasteiger partial charge in [-0.3, -0.25) is 0 Å². The lowest BCUT2D eigenvalue weighted by molar-refractivity contribution is 0.617. The number of benzene rings is 1. The zero-order valence-corrected chi connectivity index (χ0v) is 11.0. The van der Waals surface area contributed by atoms with Crippen LogP contribution in [0.15, 0.2) is 29.0 Å². The molecule has 0 aliphatic carbocycles. The molecule has 0 aliphatic heterocycles. The van der Waals surface area contributed by atoms with Gasteiger partial charge in [0.15, 0.2) is 0 Å². The summed E-state index contributed by atoms with van der Waals surface area (Å²) in [5, 5.41) is 4.09. The Morgan fingerprint density at radius 1 is 1.53 bits per heavy atom. The molecule has 0 amide bonds. The standard InChI is InChI=1S/C10H8BrFN4S/c11-7-3-6(1-2-8(7)12)4-16-5-14-10(15-16)9(13)17/h1-3,5H,4H2,(H2,13,17). The quantitative estimate of drug-likeness (QED) is 0.879. The van der Waals surface area contributed by atoms with Gasteiger partial charge in [0.05, 0.1) is 11.0 Å². The predicted molar refractivity (Wildman–Crippen MR) is 69.1 cm³/mol. The molecule has 0 spiro atoms. The average Bonchev–Trinajstić information content (AvgIpc) is 2.72. The van der Waals surface area contributed by atoms with Crippen LogP contribution >= 0.6 is 28.1 Å². The zero-order chi connectivity index (χ0) is 12.4. The first kappa shape index (κ1) is 12.1. The Labute approximate surface area is 111 Å². The molecule has 2 N–H and O–H groups in total.